The zero-order chi connectivity index (χ0) is 12.5. The third-order valence-electron chi connectivity index (χ3n) is 3.76. The Morgan fingerprint density at radius 1 is 1.33 bits per heavy atom. The zero-order valence-corrected chi connectivity index (χ0v) is 11.0. The van der Waals surface area contributed by atoms with E-state index in [0.717, 1.165) is 48.8 Å². The topological polar surface area (TPSA) is 68.0 Å². The summed E-state index contributed by atoms with van der Waals surface area (Å²) in [4.78, 5) is 15.8. The Morgan fingerprint density at radius 3 is 2.83 bits per heavy atom. The summed E-state index contributed by atoms with van der Waals surface area (Å²) in [6.07, 6.45) is 4.66. The predicted molar refractivity (Wildman–Crippen MR) is 68.9 cm³/mol. The summed E-state index contributed by atoms with van der Waals surface area (Å²) in [6.45, 7) is 0. The molecule has 18 heavy (non-hydrogen) atoms. The van der Waals surface area contributed by atoms with Crippen LogP contribution in [0.5, 0.6) is 0 Å². The third-order valence-corrected chi connectivity index (χ3v) is 4.81. The molecule has 2 aliphatic rings. The standard InChI is InChI=1S/C12H17N3O2S/c16-12(17)9-2-1-3-10-13-11(14-15(9)10)8-4-6-18-7-5-8/h8-9H,1-7H2,(H,16,17). The Bertz CT molecular complexity index is 454. The molecular formula is C12H17N3O2S. The molecule has 2 aliphatic heterocycles. The molecule has 1 atom stereocenters. The zero-order valence-electron chi connectivity index (χ0n) is 10.2. The fraction of sp³-hybridized carbons (Fsp3) is 0.750. The van der Waals surface area contributed by atoms with E-state index in [0.29, 0.717) is 12.3 Å². The lowest BCUT2D eigenvalue weighted by Crippen LogP contribution is -2.26. The highest BCUT2D eigenvalue weighted by Crippen LogP contribution is 2.31. The van der Waals surface area contributed by atoms with Crippen LogP contribution in [0.2, 0.25) is 0 Å². The lowest BCUT2D eigenvalue weighted by atomic mass is 10.0. The molecule has 0 saturated carbocycles. The van der Waals surface area contributed by atoms with Crippen LogP contribution in [-0.4, -0.2) is 37.3 Å². The molecule has 1 fully saturated rings. The second kappa shape index (κ2) is 4.91. The fourth-order valence-corrected chi connectivity index (χ4v) is 3.83. The van der Waals surface area contributed by atoms with Crippen LogP contribution in [0.1, 0.15) is 49.3 Å². The number of fused-ring (bicyclic) bond motifs is 1. The number of carboxylic acid groups (broad SMARTS) is 1. The monoisotopic (exact) mass is 267 g/mol. The second-order valence-electron chi connectivity index (χ2n) is 4.96. The van der Waals surface area contributed by atoms with Gasteiger partial charge in [-0.1, -0.05) is 0 Å². The summed E-state index contributed by atoms with van der Waals surface area (Å²) in [5, 5.41) is 13.7. The molecule has 1 unspecified atom stereocenters. The van der Waals surface area contributed by atoms with E-state index in [1.807, 2.05) is 11.8 Å². The Balaban J connectivity index is 1.88. The highest BCUT2D eigenvalue weighted by atomic mass is 32.2. The molecular weight excluding hydrogens is 250 g/mol. The van der Waals surface area contributed by atoms with Gasteiger partial charge in [0, 0.05) is 12.3 Å². The van der Waals surface area contributed by atoms with Gasteiger partial charge in [0.1, 0.15) is 5.82 Å². The molecule has 1 aromatic rings. The Labute approximate surface area is 110 Å². The molecule has 1 N–H and O–H groups in total. The van der Waals surface area contributed by atoms with Crippen LogP contribution < -0.4 is 0 Å². The van der Waals surface area contributed by atoms with Crippen LogP contribution in [0.25, 0.3) is 0 Å². The van der Waals surface area contributed by atoms with Crippen molar-refractivity contribution >= 4 is 17.7 Å². The van der Waals surface area contributed by atoms with Crippen molar-refractivity contribution in [2.45, 2.75) is 44.1 Å². The van der Waals surface area contributed by atoms with Crippen molar-refractivity contribution in [1.82, 2.24) is 14.8 Å². The van der Waals surface area contributed by atoms with Crippen molar-refractivity contribution in [3.63, 3.8) is 0 Å². The molecule has 0 aromatic carbocycles. The van der Waals surface area contributed by atoms with Gasteiger partial charge in [-0.3, -0.25) is 0 Å². The molecule has 1 aromatic heterocycles. The number of thioether (sulfide) groups is 1. The van der Waals surface area contributed by atoms with Crippen molar-refractivity contribution in [3.05, 3.63) is 11.6 Å². The van der Waals surface area contributed by atoms with Gasteiger partial charge >= 0.3 is 5.97 Å². The molecule has 0 radical (unpaired) electrons. The normalized spacial score (nSPS) is 24.8. The van der Waals surface area contributed by atoms with Crippen LogP contribution in [0.15, 0.2) is 0 Å². The van der Waals surface area contributed by atoms with E-state index >= 15 is 0 Å². The number of rotatable bonds is 2. The first-order valence-electron chi connectivity index (χ1n) is 6.51. The fourth-order valence-electron chi connectivity index (χ4n) is 2.73. The SMILES string of the molecule is O=C(O)C1CCCc2nc(C3CCSCC3)nn21. The second-order valence-corrected chi connectivity index (χ2v) is 6.19. The average Bonchev–Trinajstić information content (AvgIpc) is 2.83. The minimum atomic E-state index is -0.786. The number of nitrogens with zero attached hydrogens (tertiary/aromatic N) is 3. The van der Waals surface area contributed by atoms with E-state index in [4.69, 9.17) is 0 Å². The van der Waals surface area contributed by atoms with Crippen LogP contribution in [0, 0.1) is 0 Å². The van der Waals surface area contributed by atoms with Gasteiger partial charge in [-0.2, -0.15) is 16.9 Å². The maximum atomic E-state index is 11.2. The maximum absolute atomic E-state index is 11.2. The number of hydrogen-bond donors (Lipinski definition) is 1. The van der Waals surface area contributed by atoms with Gasteiger partial charge in [-0.15, -0.1) is 0 Å². The van der Waals surface area contributed by atoms with Crippen molar-refractivity contribution in [1.29, 1.82) is 0 Å². The van der Waals surface area contributed by atoms with Crippen LogP contribution in [0.3, 0.4) is 0 Å². The lowest BCUT2D eigenvalue weighted by Gasteiger charge is -2.19. The van der Waals surface area contributed by atoms with Crippen molar-refractivity contribution in [2.75, 3.05) is 11.5 Å². The van der Waals surface area contributed by atoms with Crippen molar-refractivity contribution in [3.8, 4) is 0 Å². The summed E-state index contributed by atoms with van der Waals surface area (Å²) in [5.41, 5.74) is 0. The number of aryl methyl sites for hydroxylation is 1. The lowest BCUT2D eigenvalue weighted by molar-refractivity contribution is -0.141. The van der Waals surface area contributed by atoms with Gasteiger partial charge in [0.05, 0.1) is 0 Å². The van der Waals surface area contributed by atoms with Crippen molar-refractivity contribution < 1.29 is 9.90 Å². The van der Waals surface area contributed by atoms with Gasteiger partial charge in [0.2, 0.25) is 0 Å². The Morgan fingerprint density at radius 2 is 2.11 bits per heavy atom. The minimum Gasteiger partial charge on any atom is -0.480 e. The van der Waals surface area contributed by atoms with Gasteiger partial charge in [0.15, 0.2) is 11.9 Å². The van der Waals surface area contributed by atoms with E-state index in [-0.39, 0.29) is 0 Å². The van der Waals surface area contributed by atoms with E-state index in [1.54, 1.807) is 4.68 Å². The van der Waals surface area contributed by atoms with E-state index in [9.17, 15) is 9.90 Å². The molecule has 0 aliphatic carbocycles. The molecule has 0 amide bonds. The predicted octanol–water partition coefficient (Wildman–Crippen LogP) is 1.85. The number of aromatic nitrogens is 3. The average molecular weight is 267 g/mol. The van der Waals surface area contributed by atoms with Gasteiger partial charge in [-0.25, -0.2) is 14.5 Å². The highest BCUT2D eigenvalue weighted by molar-refractivity contribution is 7.99. The number of carboxylic acids is 1. The van der Waals surface area contributed by atoms with E-state index in [1.165, 1.54) is 0 Å². The van der Waals surface area contributed by atoms with Crippen molar-refractivity contribution in [2.24, 2.45) is 0 Å². The first kappa shape index (κ1) is 12.0. The third kappa shape index (κ3) is 2.13. The Hall–Kier alpha value is -1.04. The quantitative estimate of drug-likeness (QED) is 0.885. The summed E-state index contributed by atoms with van der Waals surface area (Å²) in [5.74, 6) is 3.71. The molecule has 6 heteroatoms. The number of hydrogen-bond acceptors (Lipinski definition) is 4. The van der Waals surface area contributed by atoms with Crippen LogP contribution >= 0.6 is 11.8 Å². The van der Waals surface area contributed by atoms with Crippen LogP contribution in [0.4, 0.5) is 0 Å². The van der Waals surface area contributed by atoms with Gasteiger partial charge in [-0.05, 0) is 37.2 Å². The summed E-state index contributed by atoms with van der Waals surface area (Å²) in [7, 11) is 0. The van der Waals surface area contributed by atoms with E-state index < -0.39 is 12.0 Å². The molecule has 3 rings (SSSR count). The smallest absolute Gasteiger partial charge is 0.328 e. The molecule has 98 valence electrons. The highest BCUT2D eigenvalue weighted by Gasteiger charge is 2.30. The summed E-state index contributed by atoms with van der Waals surface area (Å²) in [6, 6.07) is -0.507. The van der Waals surface area contributed by atoms with Gasteiger partial charge < -0.3 is 5.11 Å². The van der Waals surface area contributed by atoms with E-state index in [2.05, 4.69) is 10.1 Å². The summed E-state index contributed by atoms with van der Waals surface area (Å²) < 4.78 is 1.66. The minimum absolute atomic E-state index is 0.429. The number of aliphatic carboxylic acids is 1. The molecule has 3 heterocycles. The Kier molecular flexibility index (Phi) is 3.28. The largest absolute Gasteiger partial charge is 0.480 e. The molecule has 0 spiro atoms. The van der Waals surface area contributed by atoms with Gasteiger partial charge in [0.25, 0.3) is 0 Å². The maximum Gasteiger partial charge on any atom is 0.328 e. The summed E-state index contributed by atoms with van der Waals surface area (Å²) >= 11 is 1.98. The molecule has 0 bridgehead atoms. The first-order chi connectivity index (χ1) is 8.75. The molecule has 5 nitrogen and oxygen atoms in total. The number of carbonyl (C=O) groups is 1. The first-order valence-corrected chi connectivity index (χ1v) is 7.67. The van der Waals surface area contributed by atoms with Crippen LogP contribution in [-0.2, 0) is 11.2 Å². The molecule has 1 saturated heterocycles.